The molecule has 1 aliphatic carbocycles. The fraction of sp³-hybridized carbons (Fsp3) is 1.00. The lowest BCUT2D eigenvalue weighted by molar-refractivity contribution is -0.0143. The molecule has 1 aliphatic rings. The molecule has 0 aromatic carbocycles. The van der Waals surface area contributed by atoms with Gasteiger partial charge in [0.15, 0.2) is 0 Å². The molecular formula is C13H27NO2. The standard InChI is InChI=1S/C13H27NO2/c1-5-16-13(2,3)10-14-11-7-6-8-12(9-11)15-4/h11-12,14H,5-10H2,1-4H3. The van der Waals surface area contributed by atoms with E-state index in [2.05, 4.69) is 19.2 Å². The molecule has 0 aromatic heterocycles. The zero-order valence-corrected chi connectivity index (χ0v) is 11.2. The summed E-state index contributed by atoms with van der Waals surface area (Å²) < 4.78 is 11.1. The summed E-state index contributed by atoms with van der Waals surface area (Å²) in [5, 5.41) is 3.61. The quantitative estimate of drug-likeness (QED) is 0.758. The van der Waals surface area contributed by atoms with E-state index in [1.807, 2.05) is 14.0 Å². The van der Waals surface area contributed by atoms with Crippen molar-refractivity contribution >= 4 is 0 Å². The van der Waals surface area contributed by atoms with Crippen LogP contribution in [0, 0.1) is 0 Å². The fourth-order valence-corrected chi connectivity index (χ4v) is 2.38. The first-order valence-electron chi connectivity index (χ1n) is 6.47. The first kappa shape index (κ1) is 13.9. The average molecular weight is 229 g/mol. The summed E-state index contributed by atoms with van der Waals surface area (Å²) in [5.41, 5.74) is -0.0607. The Bertz CT molecular complexity index is 194. The van der Waals surface area contributed by atoms with Gasteiger partial charge in [0, 0.05) is 26.3 Å². The summed E-state index contributed by atoms with van der Waals surface area (Å²) >= 11 is 0. The van der Waals surface area contributed by atoms with Crippen LogP contribution >= 0.6 is 0 Å². The number of hydrogen-bond acceptors (Lipinski definition) is 3. The Morgan fingerprint density at radius 1 is 1.31 bits per heavy atom. The molecule has 0 aromatic rings. The Kier molecular flexibility index (Phi) is 5.73. The summed E-state index contributed by atoms with van der Waals surface area (Å²) in [4.78, 5) is 0. The van der Waals surface area contributed by atoms with Gasteiger partial charge in [0.25, 0.3) is 0 Å². The third kappa shape index (κ3) is 4.81. The smallest absolute Gasteiger partial charge is 0.0750 e. The Hall–Kier alpha value is -0.120. The van der Waals surface area contributed by atoms with E-state index in [1.165, 1.54) is 19.3 Å². The highest BCUT2D eigenvalue weighted by molar-refractivity contribution is 4.81. The number of ether oxygens (including phenoxy) is 2. The molecule has 16 heavy (non-hydrogen) atoms. The van der Waals surface area contributed by atoms with E-state index >= 15 is 0 Å². The molecule has 0 radical (unpaired) electrons. The van der Waals surface area contributed by atoms with Crippen LogP contribution in [-0.4, -0.2) is 38.0 Å². The molecule has 0 amide bonds. The Morgan fingerprint density at radius 3 is 2.69 bits per heavy atom. The number of hydrogen-bond donors (Lipinski definition) is 1. The molecule has 0 aliphatic heterocycles. The van der Waals surface area contributed by atoms with Crippen molar-refractivity contribution in [2.24, 2.45) is 0 Å². The minimum atomic E-state index is -0.0607. The molecule has 0 heterocycles. The van der Waals surface area contributed by atoms with Crippen LogP contribution in [0.2, 0.25) is 0 Å². The average Bonchev–Trinajstić information content (AvgIpc) is 2.27. The second kappa shape index (κ2) is 6.58. The van der Waals surface area contributed by atoms with Gasteiger partial charge in [-0.2, -0.15) is 0 Å². The van der Waals surface area contributed by atoms with Crippen molar-refractivity contribution in [2.75, 3.05) is 20.3 Å². The molecule has 2 atom stereocenters. The van der Waals surface area contributed by atoms with Crippen LogP contribution in [0.5, 0.6) is 0 Å². The first-order valence-corrected chi connectivity index (χ1v) is 6.47. The molecule has 3 nitrogen and oxygen atoms in total. The van der Waals surface area contributed by atoms with Crippen molar-refractivity contribution < 1.29 is 9.47 Å². The molecule has 1 N–H and O–H groups in total. The minimum absolute atomic E-state index is 0.0607. The highest BCUT2D eigenvalue weighted by atomic mass is 16.5. The van der Waals surface area contributed by atoms with E-state index in [1.54, 1.807) is 0 Å². The maximum atomic E-state index is 5.68. The minimum Gasteiger partial charge on any atom is -0.381 e. The summed E-state index contributed by atoms with van der Waals surface area (Å²) in [6, 6.07) is 0.596. The van der Waals surface area contributed by atoms with Crippen molar-refractivity contribution in [3.8, 4) is 0 Å². The molecule has 0 saturated heterocycles. The van der Waals surface area contributed by atoms with Crippen LogP contribution in [0.4, 0.5) is 0 Å². The molecule has 0 spiro atoms. The highest BCUT2D eigenvalue weighted by Gasteiger charge is 2.24. The Labute approximate surface area is 99.9 Å². The van der Waals surface area contributed by atoms with E-state index in [-0.39, 0.29) is 5.60 Å². The largest absolute Gasteiger partial charge is 0.381 e. The van der Waals surface area contributed by atoms with Crippen molar-refractivity contribution in [1.29, 1.82) is 0 Å². The lowest BCUT2D eigenvalue weighted by Gasteiger charge is -2.32. The van der Waals surface area contributed by atoms with Crippen LogP contribution in [-0.2, 0) is 9.47 Å². The van der Waals surface area contributed by atoms with E-state index in [0.29, 0.717) is 12.1 Å². The zero-order chi connectivity index (χ0) is 12.0. The SMILES string of the molecule is CCOC(C)(C)CNC1CCCC(OC)C1. The number of nitrogens with one attached hydrogen (secondary N) is 1. The van der Waals surface area contributed by atoms with Gasteiger partial charge < -0.3 is 14.8 Å². The lowest BCUT2D eigenvalue weighted by Crippen LogP contribution is -2.45. The summed E-state index contributed by atoms with van der Waals surface area (Å²) in [7, 11) is 1.82. The number of rotatable bonds is 6. The van der Waals surface area contributed by atoms with Crippen molar-refractivity contribution in [2.45, 2.75) is 64.2 Å². The second-order valence-electron chi connectivity index (χ2n) is 5.29. The maximum absolute atomic E-state index is 5.68. The highest BCUT2D eigenvalue weighted by Crippen LogP contribution is 2.21. The predicted molar refractivity (Wildman–Crippen MR) is 66.8 cm³/mol. The van der Waals surface area contributed by atoms with E-state index in [9.17, 15) is 0 Å². The van der Waals surface area contributed by atoms with Gasteiger partial charge in [0.2, 0.25) is 0 Å². The normalized spacial score (nSPS) is 27.0. The van der Waals surface area contributed by atoms with Gasteiger partial charge in [-0.05, 0) is 46.5 Å². The van der Waals surface area contributed by atoms with Gasteiger partial charge >= 0.3 is 0 Å². The first-order chi connectivity index (χ1) is 7.57. The fourth-order valence-electron chi connectivity index (χ4n) is 2.38. The lowest BCUT2D eigenvalue weighted by atomic mass is 9.92. The summed E-state index contributed by atoms with van der Waals surface area (Å²) in [6.07, 6.45) is 5.33. The van der Waals surface area contributed by atoms with Gasteiger partial charge in [0.1, 0.15) is 0 Å². The second-order valence-corrected chi connectivity index (χ2v) is 5.29. The van der Waals surface area contributed by atoms with Gasteiger partial charge in [-0.3, -0.25) is 0 Å². The van der Waals surface area contributed by atoms with Crippen LogP contribution in [0.1, 0.15) is 46.5 Å². The third-order valence-electron chi connectivity index (χ3n) is 3.31. The molecule has 2 unspecified atom stereocenters. The predicted octanol–water partition coefficient (Wildman–Crippen LogP) is 2.35. The molecule has 1 saturated carbocycles. The topological polar surface area (TPSA) is 30.5 Å². The van der Waals surface area contributed by atoms with Gasteiger partial charge in [-0.1, -0.05) is 0 Å². The molecule has 3 heteroatoms. The van der Waals surface area contributed by atoms with Crippen LogP contribution in [0.15, 0.2) is 0 Å². The molecule has 0 bridgehead atoms. The summed E-state index contributed by atoms with van der Waals surface area (Å²) in [5.74, 6) is 0. The third-order valence-corrected chi connectivity index (χ3v) is 3.31. The van der Waals surface area contributed by atoms with Crippen molar-refractivity contribution in [3.05, 3.63) is 0 Å². The van der Waals surface area contributed by atoms with Crippen molar-refractivity contribution in [1.82, 2.24) is 5.32 Å². The Balaban J connectivity index is 2.26. The monoisotopic (exact) mass is 229 g/mol. The Morgan fingerprint density at radius 2 is 2.06 bits per heavy atom. The molecule has 96 valence electrons. The number of methoxy groups -OCH3 is 1. The van der Waals surface area contributed by atoms with Crippen molar-refractivity contribution in [3.63, 3.8) is 0 Å². The van der Waals surface area contributed by atoms with Crippen LogP contribution < -0.4 is 5.32 Å². The van der Waals surface area contributed by atoms with E-state index < -0.39 is 0 Å². The van der Waals surface area contributed by atoms with E-state index in [0.717, 1.165) is 19.6 Å². The molecule has 1 rings (SSSR count). The van der Waals surface area contributed by atoms with E-state index in [4.69, 9.17) is 9.47 Å². The molecule has 1 fully saturated rings. The zero-order valence-electron chi connectivity index (χ0n) is 11.2. The molecular weight excluding hydrogens is 202 g/mol. The maximum Gasteiger partial charge on any atom is 0.0750 e. The van der Waals surface area contributed by atoms with Crippen LogP contribution in [0.3, 0.4) is 0 Å². The van der Waals surface area contributed by atoms with Gasteiger partial charge in [-0.15, -0.1) is 0 Å². The summed E-state index contributed by atoms with van der Waals surface area (Å²) in [6.45, 7) is 8.02. The van der Waals surface area contributed by atoms with Gasteiger partial charge in [-0.25, -0.2) is 0 Å². The van der Waals surface area contributed by atoms with Gasteiger partial charge in [0.05, 0.1) is 11.7 Å². The van der Waals surface area contributed by atoms with Crippen LogP contribution in [0.25, 0.3) is 0 Å².